The van der Waals surface area contributed by atoms with Crippen LogP contribution in [0.2, 0.25) is 0 Å². The van der Waals surface area contributed by atoms with Gasteiger partial charge in [0.2, 0.25) is 0 Å². The summed E-state index contributed by atoms with van der Waals surface area (Å²) in [7, 11) is 0. The number of aromatic nitrogens is 2. The molecule has 0 bridgehead atoms. The number of halogens is 3. The molecule has 2 nitrogen and oxygen atoms in total. The van der Waals surface area contributed by atoms with Crippen molar-refractivity contribution >= 4 is 10.9 Å². The number of nitrogens with zero attached hydrogens (tertiary/aromatic N) is 2. The first-order valence-electron chi connectivity index (χ1n) is 10.7. The van der Waals surface area contributed by atoms with Crippen molar-refractivity contribution in [3.8, 4) is 11.1 Å². The van der Waals surface area contributed by atoms with Gasteiger partial charge in [-0.3, -0.25) is 4.68 Å². The molecule has 1 atom stereocenters. The minimum Gasteiger partial charge on any atom is -0.257 e. The molecule has 0 spiro atoms. The summed E-state index contributed by atoms with van der Waals surface area (Å²) >= 11 is 0. The first-order chi connectivity index (χ1) is 15.1. The molecule has 0 saturated heterocycles. The van der Waals surface area contributed by atoms with E-state index in [1.807, 2.05) is 36.5 Å². The number of alkyl halides is 3. The summed E-state index contributed by atoms with van der Waals surface area (Å²) in [5, 5.41) is 5.67. The summed E-state index contributed by atoms with van der Waals surface area (Å²) in [6.07, 6.45) is -1.57. The zero-order valence-electron chi connectivity index (χ0n) is 18.4. The predicted molar refractivity (Wildman–Crippen MR) is 123 cm³/mol. The molecule has 1 unspecified atom stereocenters. The van der Waals surface area contributed by atoms with Crippen molar-refractivity contribution in [3.63, 3.8) is 0 Å². The van der Waals surface area contributed by atoms with E-state index in [2.05, 4.69) is 37.6 Å². The molecule has 0 N–H and O–H groups in total. The quantitative estimate of drug-likeness (QED) is 0.312. The van der Waals surface area contributed by atoms with Crippen LogP contribution < -0.4 is 0 Å². The highest BCUT2D eigenvalue weighted by molar-refractivity contribution is 5.85. The summed E-state index contributed by atoms with van der Waals surface area (Å²) in [4.78, 5) is 0. The van der Waals surface area contributed by atoms with E-state index in [1.54, 1.807) is 13.0 Å². The molecule has 0 amide bonds. The first kappa shape index (κ1) is 22.1. The topological polar surface area (TPSA) is 17.8 Å². The average Bonchev–Trinajstić information content (AvgIpc) is 3.15. The highest BCUT2D eigenvalue weighted by atomic mass is 19.4. The van der Waals surface area contributed by atoms with Crippen LogP contribution in [0.3, 0.4) is 0 Å². The van der Waals surface area contributed by atoms with Gasteiger partial charge in [0.05, 0.1) is 23.3 Å². The number of benzene rings is 3. The van der Waals surface area contributed by atoms with E-state index in [4.69, 9.17) is 5.10 Å². The van der Waals surface area contributed by atoms with Crippen LogP contribution in [0.4, 0.5) is 13.2 Å². The highest BCUT2D eigenvalue weighted by Gasteiger charge is 2.30. The maximum atomic E-state index is 13.0. The van der Waals surface area contributed by atoms with Gasteiger partial charge >= 0.3 is 6.18 Å². The Morgan fingerprint density at radius 2 is 1.69 bits per heavy atom. The smallest absolute Gasteiger partial charge is 0.257 e. The predicted octanol–water partition coefficient (Wildman–Crippen LogP) is 7.85. The van der Waals surface area contributed by atoms with Crippen LogP contribution >= 0.6 is 0 Å². The van der Waals surface area contributed by atoms with Crippen molar-refractivity contribution in [2.24, 2.45) is 5.92 Å². The minimum absolute atomic E-state index is 0.0896. The second-order valence-corrected chi connectivity index (χ2v) is 8.78. The lowest BCUT2D eigenvalue weighted by Gasteiger charge is -2.21. The van der Waals surface area contributed by atoms with E-state index in [0.29, 0.717) is 11.5 Å². The molecule has 0 aliphatic heterocycles. The third-order valence-electron chi connectivity index (χ3n) is 5.81. The largest absolute Gasteiger partial charge is 0.416 e. The Labute approximate surface area is 186 Å². The van der Waals surface area contributed by atoms with Gasteiger partial charge in [-0.25, -0.2) is 0 Å². The van der Waals surface area contributed by atoms with E-state index < -0.39 is 11.7 Å². The van der Waals surface area contributed by atoms with Gasteiger partial charge in [-0.15, -0.1) is 0 Å². The monoisotopic (exact) mass is 435 g/mol. The molecule has 0 aliphatic carbocycles. The van der Waals surface area contributed by atoms with Crippen molar-refractivity contribution in [3.05, 3.63) is 96.0 Å². The van der Waals surface area contributed by atoms with Crippen LogP contribution in [-0.2, 0) is 6.18 Å². The van der Waals surface area contributed by atoms with Crippen molar-refractivity contribution in [2.75, 3.05) is 0 Å². The molecule has 5 heteroatoms. The Balaban J connectivity index is 1.74. The van der Waals surface area contributed by atoms with Crippen LogP contribution in [0.15, 0.2) is 66.9 Å². The molecule has 0 fully saturated rings. The van der Waals surface area contributed by atoms with Crippen molar-refractivity contribution in [1.29, 1.82) is 0 Å². The Kier molecular flexibility index (Phi) is 5.85. The number of fused-ring (bicyclic) bond motifs is 1. The van der Waals surface area contributed by atoms with E-state index in [1.165, 1.54) is 11.6 Å². The Morgan fingerprint density at radius 1 is 0.969 bits per heavy atom. The minimum atomic E-state index is -4.34. The maximum Gasteiger partial charge on any atom is 0.416 e. The molecule has 0 aliphatic rings. The van der Waals surface area contributed by atoms with Gasteiger partial charge in [-0.05, 0) is 78.3 Å². The number of aryl methyl sites for hydroxylation is 1. The lowest BCUT2D eigenvalue weighted by Crippen LogP contribution is -2.14. The van der Waals surface area contributed by atoms with E-state index in [-0.39, 0.29) is 6.04 Å². The average molecular weight is 436 g/mol. The van der Waals surface area contributed by atoms with Gasteiger partial charge in [0.1, 0.15) is 0 Å². The van der Waals surface area contributed by atoms with Crippen LogP contribution in [0.25, 0.3) is 22.0 Å². The molecule has 32 heavy (non-hydrogen) atoms. The van der Waals surface area contributed by atoms with Crippen molar-refractivity contribution < 1.29 is 13.2 Å². The Bertz CT molecular complexity index is 1230. The van der Waals surface area contributed by atoms with Crippen LogP contribution in [0.1, 0.15) is 48.6 Å². The first-order valence-corrected chi connectivity index (χ1v) is 10.7. The van der Waals surface area contributed by atoms with Crippen molar-refractivity contribution in [1.82, 2.24) is 9.78 Å². The summed E-state index contributed by atoms with van der Waals surface area (Å²) in [5.74, 6) is 0.479. The molecular weight excluding hydrogens is 409 g/mol. The molecule has 3 aromatic carbocycles. The SMILES string of the molecule is [CH2]c1ccc(C(CC(C)C)n2ncc3cc(-c4ccc(C(F)(F)F)cc4C)ccc32)cc1. The number of rotatable bonds is 5. The molecule has 1 aromatic heterocycles. The van der Waals surface area contributed by atoms with Crippen LogP contribution in [0.5, 0.6) is 0 Å². The number of hydrogen-bond acceptors (Lipinski definition) is 1. The second-order valence-electron chi connectivity index (χ2n) is 8.78. The van der Waals surface area contributed by atoms with Gasteiger partial charge in [0.15, 0.2) is 0 Å². The van der Waals surface area contributed by atoms with E-state index in [9.17, 15) is 13.2 Å². The lowest BCUT2D eigenvalue weighted by molar-refractivity contribution is -0.137. The summed E-state index contributed by atoms with van der Waals surface area (Å²) in [6.45, 7) is 10.1. The maximum absolute atomic E-state index is 13.0. The third-order valence-corrected chi connectivity index (χ3v) is 5.81. The Morgan fingerprint density at radius 3 is 2.31 bits per heavy atom. The summed E-state index contributed by atoms with van der Waals surface area (Å²) in [6, 6.07) is 18.2. The molecular formula is C27H26F3N2. The lowest BCUT2D eigenvalue weighted by atomic mass is 9.95. The normalized spacial score (nSPS) is 13.1. The molecule has 1 heterocycles. The van der Waals surface area contributed by atoms with Gasteiger partial charge in [0, 0.05) is 5.39 Å². The zero-order chi connectivity index (χ0) is 23.0. The van der Waals surface area contributed by atoms with Gasteiger partial charge < -0.3 is 0 Å². The van der Waals surface area contributed by atoms with Crippen LogP contribution in [-0.4, -0.2) is 9.78 Å². The number of hydrogen-bond donors (Lipinski definition) is 0. The van der Waals surface area contributed by atoms with Crippen LogP contribution in [0, 0.1) is 19.8 Å². The highest BCUT2D eigenvalue weighted by Crippen LogP contribution is 2.35. The van der Waals surface area contributed by atoms with E-state index in [0.717, 1.165) is 40.1 Å². The second kappa shape index (κ2) is 8.45. The molecule has 165 valence electrons. The molecule has 4 aromatic rings. The zero-order valence-corrected chi connectivity index (χ0v) is 18.4. The molecule has 4 rings (SSSR count). The van der Waals surface area contributed by atoms with Crippen molar-refractivity contribution in [2.45, 2.75) is 39.4 Å². The fourth-order valence-corrected chi connectivity index (χ4v) is 4.20. The summed E-state index contributed by atoms with van der Waals surface area (Å²) in [5.41, 5.74) is 4.79. The molecule has 1 radical (unpaired) electrons. The van der Waals surface area contributed by atoms with Gasteiger partial charge in [0.25, 0.3) is 0 Å². The fourth-order valence-electron chi connectivity index (χ4n) is 4.20. The Hall–Kier alpha value is -3.08. The van der Waals surface area contributed by atoms with Gasteiger partial charge in [-0.2, -0.15) is 18.3 Å². The standard InChI is InChI=1S/C27H26F3N2/c1-17(2)13-26(20-7-5-18(3)6-8-20)32-25-12-9-21(15-22(25)16-31-32)24-11-10-23(14-19(24)4)27(28,29)30/h5-12,14-17,26H,3,13H2,1-2,4H3. The van der Waals surface area contributed by atoms with Gasteiger partial charge in [-0.1, -0.05) is 50.2 Å². The molecule has 0 saturated carbocycles. The van der Waals surface area contributed by atoms with E-state index >= 15 is 0 Å². The fraction of sp³-hybridized carbons (Fsp3) is 0.259. The third kappa shape index (κ3) is 4.43. The summed E-state index contributed by atoms with van der Waals surface area (Å²) < 4.78 is 41.1.